The number of methoxy groups -OCH3 is 1. The zero-order valence-corrected chi connectivity index (χ0v) is 24.4. The summed E-state index contributed by atoms with van der Waals surface area (Å²) in [6, 6.07) is 9.60. The van der Waals surface area contributed by atoms with E-state index in [9.17, 15) is 9.59 Å². The van der Waals surface area contributed by atoms with Crippen LogP contribution in [0.25, 0.3) is 6.08 Å². The number of esters is 1. The fourth-order valence-corrected chi connectivity index (χ4v) is 5.55. The number of hydrogen-bond acceptors (Lipinski definition) is 8. The number of allylic oxidation sites excluding steroid dienone is 1. The molecule has 0 saturated heterocycles. The van der Waals surface area contributed by atoms with Crippen LogP contribution in [0, 0.1) is 12.3 Å². The van der Waals surface area contributed by atoms with Gasteiger partial charge in [0.1, 0.15) is 12.4 Å². The molecule has 8 nitrogen and oxygen atoms in total. The number of fused-ring (bicyclic) bond motifs is 1. The molecule has 0 bridgehead atoms. The summed E-state index contributed by atoms with van der Waals surface area (Å²) in [5.41, 5.74) is 1.61. The molecule has 0 unspecified atom stereocenters. The number of thiazole rings is 1. The number of aromatic nitrogens is 1. The Bertz CT molecular complexity index is 1700. The van der Waals surface area contributed by atoms with Gasteiger partial charge >= 0.3 is 5.97 Å². The van der Waals surface area contributed by atoms with Crippen LogP contribution in [0.3, 0.4) is 0 Å². The Morgan fingerprint density at radius 1 is 1.23 bits per heavy atom. The summed E-state index contributed by atoms with van der Waals surface area (Å²) in [5, 5.41) is 0.473. The predicted molar refractivity (Wildman–Crippen MR) is 155 cm³/mol. The molecule has 1 atom stereocenters. The van der Waals surface area contributed by atoms with Crippen molar-refractivity contribution in [1.29, 1.82) is 0 Å². The molecule has 3 aromatic rings. The van der Waals surface area contributed by atoms with Crippen LogP contribution in [0.15, 0.2) is 57.5 Å². The average molecular weight is 581 g/mol. The minimum Gasteiger partial charge on any atom is -0.493 e. The third kappa shape index (κ3) is 5.93. The van der Waals surface area contributed by atoms with Gasteiger partial charge in [0, 0.05) is 10.6 Å². The highest BCUT2D eigenvalue weighted by Gasteiger charge is 2.34. The Morgan fingerprint density at radius 3 is 2.65 bits per heavy atom. The van der Waals surface area contributed by atoms with Crippen LogP contribution < -0.4 is 29.1 Å². The Balaban J connectivity index is 1.95. The van der Waals surface area contributed by atoms with Crippen LogP contribution in [-0.2, 0) is 9.53 Å². The van der Waals surface area contributed by atoms with Crippen molar-refractivity contribution >= 4 is 35.0 Å². The monoisotopic (exact) mass is 580 g/mol. The van der Waals surface area contributed by atoms with Crippen molar-refractivity contribution in [2.45, 2.75) is 39.8 Å². The van der Waals surface area contributed by atoms with E-state index >= 15 is 0 Å². The van der Waals surface area contributed by atoms with Crippen molar-refractivity contribution in [2.75, 3.05) is 20.3 Å². The zero-order chi connectivity index (χ0) is 29.0. The lowest BCUT2D eigenvalue weighted by molar-refractivity contribution is -0.139. The number of hydrogen-bond donors (Lipinski definition) is 0. The molecule has 0 amide bonds. The molecule has 2 heterocycles. The van der Waals surface area contributed by atoms with E-state index in [2.05, 4.69) is 10.9 Å². The van der Waals surface area contributed by atoms with E-state index in [4.69, 9.17) is 37.0 Å². The second-order valence-corrected chi connectivity index (χ2v) is 10.5. The summed E-state index contributed by atoms with van der Waals surface area (Å²) in [7, 11) is 1.54. The van der Waals surface area contributed by atoms with Gasteiger partial charge in [0.2, 0.25) is 0 Å². The predicted octanol–water partition coefficient (Wildman–Crippen LogP) is 4.26. The molecule has 10 heteroatoms. The highest BCUT2D eigenvalue weighted by Crippen LogP contribution is 2.36. The first kappa shape index (κ1) is 29.0. The summed E-state index contributed by atoms with van der Waals surface area (Å²) >= 11 is 7.44. The summed E-state index contributed by atoms with van der Waals surface area (Å²) < 4.78 is 24.4. The normalized spacial score (nSPS) is 14.8. The van der Waals surface area contributed by atoms with Gasteiger partial charge in [-0.3, -0.25) is 9.36 Å². The summed E-state index contributed by atoms with van der Waals surface area (Å²) in [6.07, 6.45) is 6.97. The first-order valence-electron chi connectivity index (χ1n) is 12.6. The summed E-state index contributed by atoms with van der Waals surface area (Å²) in [5.74, 6) is 3.39. The van der Waals surface area contributed by atoms with Gasteiger partial charge in [-0.05, 0) is 69.7 Å². The number of ether oxygens (including phenoxy) is 4. The SMILES string of the molecule is C#CCOc1ccc(Cl)cc1/C=c1/sc2n(c1=O)[C@@H](c1ccc(OC(C)C)c(OC)c1)C(C(=O)OCC)=C(C)N=2. The van der Waals surface area contributed by atoms with Crippen LogP contribution in [0.5, 0.6) is 17.2 Å². The fraction of sp³-hybridized carbons (Fsp3) is 0.300. The van der Waals surface area contributed by atoms with E-state index in [0.717, 1.165) is 0 Å². The Labute approximate surface area is 241 Å². The zero-order valence-electron chi connectivity index (χ0n) is 22.8. The van der Waals surface area contributed by atoms with Gasteiger partial charge in [-0.25, -0.2) is 9.79 Å². The molecule has 1 aliphatic rings. The van der Waals surface area contributed by atoms with Gasteiger partial charge in [0.15, 0.2) is 16.3 Å². The summed E-state index contributed by atoms with van der Waals surface area (Å²) in [6.45, 7) is 7.52. The van der Waals surface area contributed by atoms with Crippen LogP contribution in [0.4, 0.5) is 0 Å². The second-order valence-electron chi connectivity index (χ2n) is 9.05. The quantitative estimate of drug-likeness (QED) is 0.278. The fourth-order valence-electron chi connectivity index (χ4n) is 4.34. The largest absolute Gasteiger partial charge is 0.493 e. The molecule has 1 aliphatic heterocycles. The van der Waals surface area contributed by atoms with Gasteiger partial charge in [-0.1, -0.05) is 34.9 Å². The highest BCUT2D eigenvalue weighted by atomic mass is 35.5. The maximum atomic E-state index is 14.0. The van der Waals surface area contributed by atoms with Gasteiger partial charge in [0.05, 0.1) is 41.7 Å². The molecule has 0 fully saturated rings. The topological polar surface area (TPSA) is 88.3 Å². The first-order valence-corrected chi connectivity index (χ1v) is 13.8. The van der Waals surface area contributed by atoms with E-state index < -0.39 is 12.0 Å². The second kappa shape index (κ2) is 12.5. The van der Waals surface area contributed by atoms with E-state index in [1.165, 1.54) is 23.0 Å². The van der Waals surface area contributed by atoms with Crippen molar-refractivity contribution in [3.8, 4) is 29.6 Å². The lowest BCUT2D eigenvalue weighted by atomic mass is 9.95. The van der Waals surface area contributed by atoms with Crippen molar-refractivity contribution in [3.63, 3.8) is 0 Å². The number of nitrogens with zero attached hydrogens (tertiary/aromatic N) is 2. The number of carbonyl (C=O) groups is 1. The average Bonchev–Trinajstić information content (AvgIpc) is 3.21. The Hall–Kier alpha value is -4.00. The third-order valence-corrected chi connectivity index (χ3v) is 7.17. The molecular weight excluding hydrogens is 552 g/mol. The van der Waals surface area contributed by atoms with Gasteiger partial charge in [-0.15, -0.1) is 6.42 Å². The maximum absolute atomic E-state index is 14.0. The highest BCUT2D eigenvalue weighted by molar-refractivity contribution is 7.07. The molecule has 0 saturated carbocycles. The van der Waals surface area contributed by atoms with Crippen LogP contribution in [-0.4, -0.2) is 37.0 Å². The van der Waals surface area contributed by atoms with Crippen molar-refractivity contribution in [1.82, 2.24) is 4.57 Å². The molecule has 0 radical (unpaired) electrons. The molecule has 208 valence electrons. The molecule has 0 aliphatic carbocycles. The third-order valence-electron chi connectivity index (χ3n) is 5.95. The van der Waals surface area contributed by atoms with E-state index in [0.29, 0.717) is 48.4 Å². The number of halogens is 1. The molecule has 2 aromatic carbocycles. The Kier molecular flexibility index (Phi) is 9.03. The molecule has 1 aromatic heterocycles. The van der Waals surface area contributed by atoms with Crippen LogP contribution in [0.2, 0.25) is 5.02 Å². The molecule has 0 N–H and O–H groups in total. The van der Waals surface area contributed by atoms with Gasteiger partial charge < -0.3 is 18.9 Å². The standard InChI is InChI=1S/C30H29ClN2O6S/c1-7-13-38-22-12-10-21(31)14-20(22)16-25-28(34)33-27(19-9-11-23(39-17(3)4)24(15-19)36-6)26(29(35)37-8-2)18(5)32-30(33)40-25/h1,9-12,14-17,27H,8,13H2,2-6H3/b25-16+/t27-/m0/s1. The van der Waals surface area contributed by atoms with Crippen LogP contribution >= 0.6 is 22.9 Å². The van der Waals surface area contributed by atoms with Crippen LogP contribution in [0.1, 0.15) is 44.9 Å². The minimum absolute atomic E-state index is 0.0597. The molecule has 4 rings (SSSR count). The lowest BCUT2D eigenvalue weighted by Gasteiger charge is -2.25. The van der Waals surface area contributed by atoms with Crippen molar-refractivity contribution < 1.29 is 23.7 Å². The molecule has 40 heavy (non-hydrogen) atoms. The maximum Gasteiger partial charge on any atom is 0.338 e. The van der Waals surface area contributed by atoms with Gasteiger partial charge in [-0.2, -0.15) is 0 Å². The van der Waals surface area contributed by atoms with E-state index in [-0.39, 0.29) is 30.5 Å². The number of rotatable bonds is 9. The minimum atomic E-state index is -0.809. The lowest BCUT2D eigenvalue weighted by Crippen LogP contribution is -2.40. The number of carbonyl (C=O) groups excluding carboxylic acids is 1. The number of terminal acetylenes is 1. The summed E-state index contributed by atoms with van der Waals surface area (Å²) in [4.78, 5) is 32.2. The van der Waals surface area contributed by atoms with Crippen molar-refractivity contribution in [3.05, 3.63) is 83.5 Å². The van der Waals surface area contributed by atoms with E-state index in [1.54, 1.807) is 50.3 Å². The molecular formula is C30H29ClN2O6S. The molecule has 0 spiro atoms. The first-order chi connectivity index (χ1) is 19.2. The van der Waals surface area contributed by atoms with Crippen molar-refractivity contribution in [2.24, 2.45) is 4.99 Å². The Morgan fingerprint density at radius 2 is 1.98 bits per heavy atom. The van der Waals surface area contributed by atoms with Gasteiger partial charge in [0.25, 0.3) is 5.56 Å². The number of benzene rings is 2. The van der Waals surface area contributed by atoms with E-state index in [1.807, 2.05) is 19.9 Å². The smallest absolute Gasteiger partial charge is 0.338 e.